The van der Waals surface area contributed by atoms with Crippen LogP contribution in [0.2, 0.25) is 0 Å². The molecule has 1 fully saturated rings. The molecule has 0 saturated heterocycles. The lowest BCUT2D eigenvalue weighted by molar-refractivity contribution is 0.0600. The summed E-state index contributed by atoms with van der Waals surface area (Å²) in [6, 6.07) is 6.72. The van der Waals surface area contributed by atoms with Gasteiger partial charge in [-0.3, -0.25) is 4.79 Å². The van der Waals surface area contributed by atoms with Gasteiger partial charge >= 0.3 is 5.97 Å². The smallest absolute Gasteiger partial charge is 0.337 e. The van der Waals surface area contributed by atoms with E-state index in [2.05, 4.69) is 4.74 Å². The quantitative estimate of drug-likeness (QED) is 0.594. The van der Waals surface area contributed by atoms with Crippen molar-refractivity contribution in [2.24, 2.45) is 5.92 Å². The van der Waals surface area contributed by atoms with E-state index < -0.39 is 0 Å². The van der Waals surface area contributed by atoms with Crippen molar-refractivity contribution >= 4 is 11.8 Å². The Balaban J connectivity index is 2.11. The van der Waals surface area contributed by atoms with Gasteiger partial charge in [0.1, 0.15) is 0 Å². The Morgan fingerprint density at radius 1 is 1.06 bits per heavy atom. The van der Waals surface area contributed by atoms with Crippen LogP contribution in [0.15, 0.2) is 24.3 Å². The Morgan fingerprint density at radius 3 is 2.12 bits per heavy atom. The van der Waals surface area contributed by atoms with E-state index in [9.17, 15) is 9.59 Å². The maximum absolute atomic E-state index is 12.1. The zero-order valence-corrected chi connectivity index (χ0v) is 9.94. The first-order valence-corrected chi connectivity index (χ1v) is 5.95. The molecule has 0 aromatic heterocycles. The van der Waals surface area contributed by atoms with Crippen LogP contribution >= 0.6 is 0 Å². The van der Waals surface area contributed by atoms with E-state index in [1.54, 1.807) is 24.3 Å². The van der Waals surface area contributed by atoms with Crippen LogP contribution in [0.25, 0.3) is 0 Å². The van der Waals surface area contributed by atoms with E-state index in [1.165, 1.54) is 7.11 Å². The molecule has 0 N–H and O–H groups in total. The lowest BCUT2D eigenvalue weighted by Crippen LogP contribution is -2.11. The molecule has 1 aromatic rings. The average Bonchev–Trinajstić information content (AvgIpc) is 2.91. The van der Waals surface area contributed by atoms with Crippen LogP contribution in [0.1, 0.15) is 46.4 Å². The number of hydrogen-bond donors (Lipinski definition) is 0. The summed E-state index contributed by atoms with van der Waals surface area (Å²) < 4.78 is 4.61. The molecular weight excluding hydrogens is 216 g/mol. The molecule has 1 aliphatic rings. The first kappa shape index (κ1) is 11.8. The fourth-order valence-corrected chi connectivity index (χ4v) is 2.31. The Kier molecular flexibility index (Phi) is 3.57. The number of ketones is 1. The number of esters is 1. The molecule has 3 heteroatoms. The van der Waals surface area contributed by atoms with Crippen LogP contribution in [0, 0.1) is 5.92 Å². The number of hydrogen-bond acceptors (Lipinski definition) is 3. The SMILES string of the molecule is COC(=O)c1ccc(C(=O)C2CCCC2)cc1. The molecule has 1 saturated carbocycles. The van der Waals surface area contributed by atoms with Gasteiger partial charge in [-0.2, -0.15) is 0 Å². The van der Waals surface area contributed by atoms with Gasteiger partial charge in [0.15, 0.2) is 5.78 Å². The first-order chi connectivity index (χ1) is 8.22. The van der Waals surface area contributed by atoms with E-state index in [1.807, 2.05) is 0 Å². The Bertz CT molecular complexity index is 414. The van der Waals surface area contributed by atoms with Gasteiger partial charge in [0.2, 0.25) is 0 Å². The lowest BCUT2D eigenvalue weighted by Gasteiger charge is -2.08. The normalized spacial score (nSPS) is 15.8. The minimum absolute atomic E-state index is 0.180. The van der Waals surface area contributed by atoms with Crippen molar-refractivity contribution in [3.8, 4) is 0 Å². The number of carbonyl (C=O) groups is 2. The summed E-state index contributed by atoms with van der Waals surface area (Å²) in [4.78, 5) is 23.3. The molecule has 0 aliphatic heterocycles. The maximum atomic E-state index is 12.1. The zero-order valence-electron chi connectivity index (χ0n) is 9.94. The van der Waals surface area contributed by atoms with Crippen molar-refractivity contribution < 1.29 is 14.3 Å². The fourth-order valence-electron chi connectivity index (χ4n) is 2.31. The molecule has 0 unspecified atom stereocenters. The number of carbonyl (C=O) groups excluding carboxylic acids is 2. The van der Waals surface area contributed by atoms with E-state index in [4.69, 9.17) is 0 Å². The summed E-state index contributed by atoms with van der Waals surface area (Å²) in [5, 5.41) is 0. The van der Waals surface area contributed by atoms with Gasteiger partial charge in [-0.15, -0.1) is 0 Å². The summed E-state index contributed by atoms with van der Waals surface area (Å²) >= 11 is 0. The number of Topliss-reactive ketones (excluding diaryl/α,β-unsaturated/α-hetero) is 1. The second-order valence-electron chi connectivity index (χ2n) is 4.41. The number of benzene rings is 1. The standard InChI is InChI=1S/C14H16O3/c1-17-14(16)12-8-6-11(7-9-12)13(15)10-4-2-3-5-10/h6-10H,2-5H2,1H3. The predicted octanol–water partition coefficient (Wildman–Crippen LogP) is 2.85. The molecule has 0 atom stereocenters. The maximum Gasteiger partial charge on any atom is 0.337 e. The van der Waals surface area contributed by atoms with Gasteiger partial charge in [-0.25, -0.2) is 4.79 Å². The third kappa shape index (κ3) is 2.54. The zero-order chi connectivity index (χ0) is 12.3. The van der Waals surface area contributed by atoms with Gasteiger partial charge in [0.25, 0.3) is 0 Å². The van der Waals surface area contributed by atoms with Gasteiger partial charge in [0, 0.05) is 11.5 Å². The second-order valence-corrected chi connectivity index (χ2v) is 4.41. The van der Waals surface area contributed by atoms with Crippen molar-refractivity contribution in [2.75, 3.05) is 7.11 Å². The van der Waals surface area contributed by atoms with Crippen LogP contribution in [0.4, 0.5) is 0 Å². The number of methoxy groups -OCH3 is 1. The second kappa shape index (κ2) is 5.13. The fraction of sp³-hybridized carbons (Fsp3) is 0.429. The summed E-state index contributed by atoms with van der Waals surface area (Å²) in [7, 11) is 1.35. The molecule has 3 nitrogen and oxygen atoms in total. The Hall–Kier alpha value is -1.64. The molecule has 0 spiro atoms. The highest BCUT2D eigenvalue weighted by molar-refractivity contribution is 5.99. The highest BCUT2D eigenvalue weighted by Crippen LogP contribution is 2.28. The van der Waals surface area contributed by atoms with E-state index in [-0.39, 0.29) is 17.7 Å². The van der Waals surface area contributed by atoms with Crippen molar-refractivity contribution in [1.82, 2.24) is 0 Å². The van der Waals surface area contributed by atoms with E-state index in [0.717, 1.165) is 25.7 Å². The Labute approximate surface area is 101 Å². The molecule has 17 heavy (non-hydrogen) atoms. The molecule has 0 radical (unpaired) electrons. The topological polar surface area (TPSA) is 43.4 Å². The number of rotatable bonds is 3. The van der Waals surface area contributed by atoms with Crippen LogP contribution < -0.4 is 0 Å². The summed E-state index contributed by atoms with van der Waals surface area (Å²) in [5.74, 6) is 0.0164. The minimum Gasteiger partial charge on any atom is -0.465 e. The molecule has 0 heterocycles. The van der Waals surface area contributed by atoms with Crippen LogP contribution in [-0.2, 0) is 4.74 Å². The average molecular weight is 232 g/mol. The van der Waals surface area contributed by atoms with Gasteiger partial charge in [-0.05, 0) is 25.0 Å². The monoisotopic (exact) mass is 232 g/mol. The molecule has 1 aromatic carbocycles. The molecule has 2 rings (SSSR count). The summed E-state index contributed by atoms with van der Waals surface area (Å²) in [5.41, 5.74) is 1.18. The molecule has 90 valence electrons. The predicted molar refractivity (Wildman–Crippen MR) is 64.1 cm³/mol. The lowest BCUT2D eigenvalue weighted by atomic mass is 9.96. The molecule has 1 aliphatic carbocycles. The van der Waals surface area contributed by atoms with Gasteiger partial charge in [0.05, 0.1) is 12.7 Å². The largest absolute Gasteiger partial charge is 0.465 e. The third-order valence-corrected chi connectivity index (χ3v) is 3.32. The molecular formula is C14H16O3. The van der Waals surface area contributed by atoms with E-state index >= 15 is 0 Å². The summed E-state index contributed by atoms with van der Waals surface area (Å²) in [6.07, 6.45) is 4.29. The molecule has 0 bridgehead atoms. The van der Waals surface area contributed by atoms with Gasteiger partial charge < -0.3 is 4.74 Å². The van der Waals surface area contributed by atoms with Gasteiger partial charge in [-0.1, -0.05) is 25.0 Å². The first-order valence-electron chi connectivity index (χ1n) is 5.95. The van der Waals surface area contributed by atoms with Crippen molar-refractivity contribution in [1.29, 1.82) is 0 Å². The summed E-state index contributed by atoms with van der Waals surface area (Å²) in [6.45, 7) is 0. The van der Waals surface area contributed by atoms with Crippen molar-refractivity contribution in [2.45, 2.75) is 25.7 Å². The third-order valence-electron chi connectivity index (χ3n) is 3.32. The van der Waals surface area contributed by atoms with Crippen LogP contribution in [-0.4, -0.2) is 18.9 Å². The highest BCUT2D eigenvalue weighted by Gasteiger charge is 2.23. The minimum atomic E-state index is -0.370. The van der Waals surface area contributed by atoms with Crippen molar-refractivity contribution in [3.05, 3.63) is 35.4 Å². The Morgan fingerprint density at radius 2 is 1.59 bits per heavy atom. The van der Waals surface area contributed by atoms with Crippen LogP contribution in [0.3, 0.4) is 0 Å². The van der Waals surface area contributed by atoms with E-state index in [0.29, 0.717) is 11.1 Å². The van der Waals surface area contributed by atoms with Crippen LogP contribution in [0.5, 0.6) is 0 Å². The molecule has 0 amide bonds. The highest BCUT2D eigenvalue weighted by atomic mass is 16.5. The number of ether oxygens (including phenoxy) is 1. The van der Waals surface area contributed by atoms with Crippen molar-refractivity contribution in [3.63, 3.8) is 0 Å².